The van der Waals surface area contributed by atoms with Gasteiger partial charge in [-0.25, -0.2) is 4.98 Å². The molecule has 11 heavy (non-hydrogen) atoms. The third kappa shape index (κ3) is 1.59. The largest absolute Gasteiger partial charge is 0.424 e. The van der Waals surface area contributed by atoms with Crippen LogP contribution in [0.25, 0.3) is 4.98 Å². The Labute approximate surface area is 73.6 Å². The fourth-order valence-corrected chi connectivity index (χ4v) is 1.28. The molecule has 0 N–H and O–H groups in total. The van der Waals surface area contributed by atoms with Crippen LogP contribution in [0.1, 0.15) is 5.56 Å². The molecule has 5 heteroatoms. The van der Waals surface area contributed by atoms with Crippen molar-refractivity contribution in [2.45, 2.75) is 6.92 Å². The van der Waals surface area contributed by atoms with E-state index < -0.39 is 0 Å². The highest BCUT2D eigenvalue weighted by molar-refractivity contribution is 6.34. The summed E-state index contributed by atoms with van der Waals surface area (Å²) in [5, 5.41) is 8.85. The highest BCUT2D eigenvalue weighted by Crippen LogP contribution is 2.28. The second-order valence-corrected chi connectivity index (χ2v) is 2.75. The predicted molar refractivity (Wildman–Crippen MR) is 43.7 cm³/mol. The third-order valence-corrected chi connectivity index (χ3v) is 1.67. The van der Waals surface area contributed by atoms with Crippen molar-refractivity contribution in [3.8, 4) is 0 Å². The zero-order valence-electron chi connectivity index (χ0n) is 5.67. The van der Waals surface area contributed by atoms with Gasteiger partial charge < -0.3 is 0 Å². The molecule has 0 radical (unpaired) electrons. The first-order chi connectivity index (χ1) is 5.15. The maximum Gasteiger partial charge on any atom is 0.424 e. The van der Waals surface area contributed by atoms with E-state index in [-0.39, 0.29) is 10.8 Å². The number of rotatable bonds is 0. The van der Waals surface area contributed by atoms with E-state index in [4.69, 9.17) is 28.6 Å². The molecular weight excluding hydrogens is 185 g/mol. The number of hydrogen-bond acceptors (Lipinski definition) is 2. The number of aryl methyl sites for hydroxylation is 1. The quantitative estimate of drug-likeness (QED) is 0.464. The lowest BCUT2D eigenvalue weighted by Gasteiger charge is -1.90. The lowest BCUT2D eigenvalue weighted by atomic mass is 10.3. The minimum absolute atomic E-state index is 0.109. The van der Waals surface area contributed by atoms with Crippen LogP contribution in [0.3, 0.4) is 0 Å². The van der Waals surface area contributed by atoms with Gasteiger partial charge in [0.1, 0.15) is 5.15 Å². The van der Waals surface area contributed by atoms with Crippen LogP contribution in [0, 0.1) is 12.3 Å². The van der Waals surface area contributed by atoms with Gasteiger partial charge in [0.25, 0.3) is 0 Å². The molecule has 0 amide bonds. The average Bonchev–Trinajstić information content (AvgIpc) is 1.85. The number of halogens is 2. The van der Waals surface area contributed by atoms with Gasteiger partial charge in [-0.2, -0.15) is 0 Å². The first kappa shape index (κ1) is 8.25. The van der Waals surface area contributed by atoms with Crippen LogP contribution < -0.4 is 0 Å². The van der Waals surface area contributed by atoms with Crippen molar-refractivity contribution in [3.63, 3.8) is 0 Å². The van der Waals surface area contributed by atoms with Gasteiger partial charge in [0.2, 0.25) is 10.5 Å². The summed E-state index contributed by atoms with van der Waals surface area (Å²) in [6, 6.07) is 1.57. The summed E-state index contributed by atoms with van der Waals surface area (Å²) >= 11 is 11.1. The highest BCUT2D eigenvalue weighted by atomic mass is 35.5. The molecule has 0 bridgehead atoms. The topological polar surface area (TPSA) is 41.0 Å². The molecule has 0 atom stereocenters. The third-order valence-electron chi connectivity index (χ3n) is 1.21. The number of hydrogen-bond donors (Lipinski definition) is 0. The van der Waals surface area contributed by atoms with E-state index >= 15 is 0 Å². The van der Waals surface area contributed by atoms with Crippen molar-refractivity contribution in [1.82, 2.24) is 4.98 Å². The molecule has 1 heterocycles. The number of pyridine rings is 1. The number of nitrogens with zero attached hydrogens (tertiary/aromatic N) is 3. The summed E-state index contributed by atoms with van der Waals surface area (Å²) in [5.74, 6) is 0. The minimum atomic E-state index is 0.109. The number of diazo groups is 1. The first-order valence-electron chi connectivity index (χ1n) is 2.83. The second-order valence-electron chi connectivity index (χ2n) is 2.00. The Morgan fingerprint density at radius 3 is 2.64 bits per heavy atom. The van der Waals surface area contributed by atoms with Crippen molar-refractivity contribution in [1.29, 1.82) is 5.39 Å². The van der Waals surface area contributed by atoms with Gasteiger partial charge in [-0.3, -0.25) is 0 Å². The molecule has 0 unspecified atom stereocenters. The van der Waals surface area contributed by atoms with E-state index in [1.54, 1.807) is 13.0 Å². The summed E-state index contributed by atoms with van der Waals surface area (Å²) in [6.07, 6.45) is 0. The van der Waals surface area contributed by atoms with Crippen molar-refractivity contribution >= 4 is 28.9 Å². The summed E-state index contributed by atoms with van der Waals surface area (Å²) in [5.41, 5.74) is 0.952. The molecule has 0 aromatic carbocycles. The molecule has 0 saturated carbocycles. The van der Waals surface area contributed by atoms with Crippen molar-refractivity contribution < 1.29 is 0 Å². The van der Waals surface area contributed by atoms with Crippen LogP contribution in [0.4, 0.5) is 5.69 Å². The summed E-state index contributed by atoms with van der Waals surface area (Å²) < 4.78 is 0. The average molecular weight is 189 g/mol. The molecule has 0 aliphatic rings. The van der Waals surface area contributed by atoms with Gasteiger partial charge in [-0.1, -0.05) is 23.2 Å². The second kappa shape index (κ2) is 3.04. The predicted octanol–water partition coefficient (Wildman–Crippen LogP) is 3.18. The Kier molecular flexibility index (Phi) is 2.28. The Morgan fingerprint density at radius 1 is 1.55 bits per heavy atom. The molecule has 0 spiro atoms. The van der Waals surface area contributed by atoms with Gasteiger partial charge in [-0.15, -0.1) is 0 Å². The van der Waals surface area contributed by atoms with Gasteiger partial charge in [-0.05, 0) is 13.0 Å². The van der Waals surface area contributed by atoms with Crippen molar-refractivity contribution in [2.75, 3.05) is 0 Å². The molecule has 0 aliphatic carbocycles. The van der Waals surface area contributed by atoms with E-state index in [0.29, 0.717) is 10.7 Å². The van der Waals surface area contributed by atoms with Crippen molar-refractivity contribution in [3.05, 3.63) is 26.9 Å². The van der Waals surface area contributed by atoms with Gasteiger partial charge in [0.05, 0.1) is 5.56 Å². The maximum absolute atomic E-state index is 8.45. The summed E-state index contributed by atoms with van der Waals surface area (Å²) in [6.45, 7) is 1.73. The van der Waals surface area contributed by atoms with E-state index in [1.165, 1.54) is 0 Å². The van der Waals surface area contributed by atoms with Gasteiger partial charge in [0, 0.05) is 0 Å². The molecule has 0 aliphatic heterocycles. The van der Waals surface area contributed by atoms with Gasteiger partial charge in [0.15, 0.2) is 4.98 Å². The van der Waals surface area contributed by atoms with E-state index in [1.807, 2.05) is 0 Å². The lowest BCUT2D eigenvalue weighted by molar-refractivity contribution is 1.28. The highest BCUT2D eigenvalue weighted by Gasteiger charge is 2.18. The molecule has 56 valence electrons. The van der Waals surface area contributed by atoms with Crippen LogP contribution in [-0.4, -0.2) is 4.98 Å². The Bertz CT molecular complexity index is 306. The fourth-order valence-electron chi connectivity index (χ4n) is 0.709. The van der Waals surface area contributed by atoms with Crippen LogP contribution in [0.5, 0.6) is 0 Å². The van der Waals surface area contributed by atoms with E-state index in [2.05, 4.69) is 9.96 Å². The summed E-state index contributed by atoms with van der Waals surface area (Å²) in [4.78, 5) is 6.64. The van der Waals surface area contributed by atoms with Crippen LogP contribution in [0.2, 0.25) is 10.3 Å². The molecule has 0 saturated heterocycles. The monoisotopic (exact) mass is 188 g/mol. The Morgan fingerprint density at radius 2 is 2.18 bits per heavy atom. The zero-order valence-corrected chi connectivity index (χ0v) is 7.19. The van der Waals surface area contributed by atoms with Gasteiger partial charge >= 0.3 is 5.69 Å². The van der Waals surface area contributed by atoms with E-state index in [0.717, 1.165) is 0 Å². The maximum atomic E-state index is 8.45. The minimum Gasteiger partial charge on any atom is -0.217 e. The molecule has 1 aromatic heterocycles. The molecular formula is C6H4Cl2N3+. The summed E-state index contributed by atoms with van der Waals surface area (Å²) in [7, 11) is 0. The normalized spacial score (nSPS) is 9.27. The van der Waals surface area contributed by atoms with Crippen LogP contribution in [0.15, 0.2) is 6.07 Å². The zero-order chi connectivity index (χ0) is 8.43. The first-order valence-corrected chi connectivity index (χ1v) is 3.58. The molecule has 1 rings (SSSR count). The molecule has 1 aromatic rings. The molecule has 0 fully saturated rings. The standard InChI is InChI=1S/C6H4Cl2N3/c1-3-2-4(7)10-6(8)5(3)11-9/h2H,1H3/q+1. The fraction of sp³-hybridized carbons (Fsp3) is 0.167. The van der Waals surface area contributed by atoms with Crippen molar-refractivity contribution in [2.24, 2.45) is 0 Å². The lowest BCUT2D eigenvalue weighted by Crippen LogP contribution is -1.80. The molecule has 3 nitrogen and oxygen atoms in total. The number of aromatic nitrogens is 1. The van der Waals surface area contributed by atoms with Crippen LogP contribution >= 0.6 is 23.2 Å². The van der Waals surface area contributed by atoms with Crippen LogP contribution in [-0.2, 0) is 0 Å². The Balaban J connectivity index is 3.40. The van der Waals surface area contributed by atoms with E-state index in [9.17, 15) is 0 Å². The smallest absolute Gasteiger partial charge is 0.217 e. The SMILES string of the molecule is Cc1cc(Cl)nc(Cl)c1[N+]#N. The Hall–Kier alpha value is -0.850.